The minimum atomic E-state index is -3.52. The lowest BCUT2D eigenvalue weighted by Crippen LogP contribution is -2.34. The number of nitrogens with zero attached hydrogens (tertiary/aromatic N) is 1. The molecule has 0 saturated heterocycles. The summed E-state index contributed by atoms with van der Waals surface area (Å²) in [6, 6.07) is 18.7. The molecule has 2 N–H and O–H groups in total. The van der Waals surface area contributed by atoms with Gasteiger partial charge in [-0.3, -0.25) is 4.72 Å². The predicted molar refractivity (Wildman–Crippen MR) is 95.6 cm³/mol. The molecule has 2 aromatic carbocycles. The Hall–Kier alpha value is -2.90. The van der Waals surface area contributed by atoms with E-state index in [0.717, 1.165) is 16.7 Å². The molecule has 6 nitrogen and oxygen atoms in total. The molecule has 0 spiro atoms. The Kier molecular flexibility index (Phi) is 3.87. The van der Waals surface area contributed by atoms with Gasteiger partial charge in [-0.15, -0.1) is 0 Å². The Bertz CT molecular complexity index is 1000. The fourth-order valence-electron chi connectivity index (χ4n) is 2.66. The Morgan fingerprint density at radius 2 is 1.80 bits per heavy atom. The molecule has 4 rings (SSSR count). The summed E-state index contributed by atoms with van der Waals surface area (Å²) in [6.07, 6.45) is 1.67. The molecule has 0 unspecified atom stereocenters. The van der Waals surface area contributed by atoms with Crippen molar-refractivity contribution in [1.82, 2.24) is 9.71 Å². The zero-order chi connectivity index (χ0) is 17.3. The normalized spacial score (nSPS) is 15.0. The van der Waals surface area contributed by atoms with Crippen LogP contribution in [-0.4, -0.2) is 13.4 Å². The van der Waals surface area contributed by atoms with Gasteiger partial charge in [0.2, 0.25) is 5.88 Å². The van der Waals surface area contributed by atoms with Gasteiger partial charge in [0.15, 0.2) is 0 Å². The summed E-state index contributed by atoms with van der Waals surface area (Å²) in [5.41, 5.74) is 3.06. The highest BCUT2D eigenvalue weighted by Crippen LogP contribution is 2.34. The number of pyridine rings is 1. The molecule has 0 saturated carbocycles. The number of nitrogens with one attached hydrogen (secondary N) is 2. The van der Waals surface area contributed by atoms with Crippen molar-refractivity contribution in [2.24, 2.45) is 0 Å². The standard InChI is InChI=1S/C18H15N3O3S/c22-25(23)20-12-14-5-4-8-16(18(14)21-25)13-9-10-17(19-11-13)24-15-6-2-1-3-7-15/h1-11,20-21H,12H2. The molecule has 0 atom stereocenters. The molecule has 7 heteroatoms. The molecule has 1 aromatic heterocycles. The van der Waals surface area contributed by atoms with Crippen LogP contribution in [-0.2, 0) is 16.8 Å². The molecule has 0 amide bonds. The second kappa shape index (κ2) is 6.19. The van der Waals surface area contributed by atoms with E-state index in [1.165, 1.54) is 0 Å². The smallest absolute Gasteiger partial charge is 0.299 e. The summed E-state index contributed by atoms with van der Waals surface area (Å²) in [7, 11) is -3.52. The number of ether oxygens (including phenoxy) is 1. The average Bonchev–Trinajstić information content (AvgIpc) is 2.62. The fourth-order valence-corrected chi connectivity index (χ4v) is 3.59. The van der Waals surface area contributed by atoms with Gasteiger partial charge in [0.05, 0.1) is 5.69 Å². The second-order valence-corrected chi connectivity index (χ2v) is 7.07. The van der Waals surface area contributed by atoms with E-state index >= 15 is 0 Å². The van der Waals surface area contributed by atoms with Gasteiger partial charge in [0, 0.05) is 29.9 Å². The summed E-state index contributed by atoms with van der Waals surface area (Å²) in [4.78, 5) is 4.32. The highest BCUT2D eigenvalue weighted by atomic mass is 32.2. The zero-order valence-corrected chi connectivity index (χ0v) is 14.0. The highest BCUT2D eigenvalue weighted by molar-refractivity contribution is 7.90. The number of hydrogen-bond donors (Lipinski definition) is 2. The maximum absolute atomic E-state index is 11.8. The first-order valence-corrected chi connectivity index (χ1v) is 9.18. The number of hydrogen-bond acceptors (Lipinski definition) is 4. The number of rotatable bonds is 3. The third-order valence-electron chi connectivity index (χ3n) is 3.85. The molecular weight excluding hydrogens is 338 g/mol. The van der Waals surface area contributed by atoms with E-state index in [9.17, 15) is 8.42 Å². The third kappa shape index (κ3) is 3.33. The van der Waals surface area contributed by atoms with Crippen molar-refractivity contribution >= 4 is 15.9 Å². The van der Waals surface area contributed by atoms with Crippen molar-refractivity contribution in [3.05, 3.63) is 72.4 Å². The molecule has 0 aliphatic carbocycles. The summed E-state index contributed by atoms with van der Waals surface area (Å²) in [5.74, 6) is 1.18. The number of aromatic nitrogens is 1. The molecule has 0 fully saturated rings. The molecule has 126 valence electrons. The number of anilines is 1. The molecule has 1 aliphatic heterocycles. The van der Waals surface area contributed by atoms with E-state index in [1.807, 2.05) is 54.6 Å². The van der Waals surface area contributed by atoms with Gasteiger partial charge in [0.1, 0.15) is 5.75 Å². The number of benzene rings is 2. The van der Waals surface area contributed by atoms with E-state index in [4.69, 9.17) is 4.74 Å². The van der Waals surface area contributed by atoms with E-state index in [0.29, 0.717) is 17.3 Å². The van der Waals surface area contributed by atoms with Gasteiger partial charge >= 0.3 is 0 Å². The van der Waals surface area contributed by atoms with Crippen LogP contribution < -0.4 is 14.2 Å². The van der Waals surface area contributed by atoms with Crippen LogP contribution in [0.3, 0.4) is 0 Å². The van der Waals surface area contributed by atoms with Crippen LogP contribution in [0.2, 0.25) is 0 Å². The monoisotopic (exact) mass is 353 g/mol. The molecule has 2 heterocycles. The third-order valence-corrected chi connectivity index (χ3v) is 4.85. The van der Waals surface area contributed by atoms with Crippen LogP contribution in [0.1, 0.15) is 5.56 Å². The van der Waals surface area contributed by atoms with Gasteiger partial charge < -0.3 is 4.74 Å². The van der Waals surface area contributed by atoms with Crippen LogP contribution in [0.4, 0.5) is 5.69 Å². The van der Waals surface area contributed by atoms with Crippen LogP contribution >= 0.6 is 0 Å². The number of fused-ring (bicyclic) bond motifs is 1. The first-order chi connectivity index (χ1) is 12.1. The van der Waals surface area contributed by atoms with Gasteiger partial charge in [-0.1, -0.05) is 36.4 Å². The molecule has 25 heavy (non-hydrogen) atoms. The van der Waals surface area contributed by atoms with E-state index in [1.54, 1.807) is 12.3 Å². The molecule has 1 aliphatic rings. The zero-order valence-electron chi connectivity index (χ0n) is 13.1. The van der Waals surface area contributed by atoms with E-state index < -0.39 is 10.2 Å². The summed E-state index contributed by atoms with van der Waals surface area (Å²) in [6.45, 7) is 0.265. The number of para-hydroxylation sites is 2. The van der Waals surface area contributed by atoms with Gasteiger partial charge in [-0.05, 0) is 23.8 Å². The van der Waals surface area contributed by atoms with Crippen LogP contribution in [0.15, 0.2) is 66.9 Å². The highest BCUT2D eigenvalue weighted by Gasteiger charge is 2.22. The Morgan fingerprint density at radius 1 is 0.960 bits per heavy atom. The minimum Gasteiger partial charge on any atom is -0.439 e. The van der Waals surface area contributed by atoms with Crippen molar-refractivity contribution in [1.29, 1.82) is 0 Å². The SMILES string of the molecule is O=S1(=O)NCc2cccc(-c3ccc(Oc4ccccc4)nc3)c2N1. The Balaban J connectivity index is 1.65. The van der Waals surface area contributed by atoms with Crippen LogP contribution in [0.5, 0.6) is 11.6 Å². The first kappa shape index (κ1) is 15.6. The second-order valence-electron chi connectivity index (χ2n) is 5.57. The van der Waals surface area contributed by atoms with Crippen LogP contribution in [0.25, 0.3) is 11.1 Å². The lowest BCUT2D eigenvalue weighted by Gasteiger charge is -2.22. The molecule has 0 bridgehead atoms. The Labute approximate surface area is 145 Å². The van der Waals surface area contributed by atoms with Gasteiger partial charge in [-0.2, -0.15) is 13.1 Å². The maximum Gasteiger partial charge on any atom is 0.299 e. The average molecular weight is 353 g/mol. The predicted octanol–water partition coefficient (Wildman–Crippen LogP) is 3.30. The fraction of sp³-hybridized carbons (Fsp3) is 0.0556. The van der Waals surface area contributed by atoms with Crippen molar-refractivity contribution in [3.63, 3.8) is 0 Å². The van der Waals surface area contributed by atoms with E-state index in [2.05, 4.69) is 14.4 Å². The lowest BCUT2D eigenvalue weighted by atomic mass is 10.0. The lowest BCUT2D eigenvalue weighted by molar-refractivity contribution is 0.463. The Morgan fingerprint density at radius 3 is 2.56 bits per heavy atom. The van der Waals surface area contributed by atoms with Gasteiger partial charge in [0.25, 0.3) is 10.2 Å². The molecular formula is C18H15N3O3S. The summed E-state index contributed by atoms with van der Waals surface area (Å²) >= 11 is 0. The largest absolute Gasteiger partial charge is 0.439 e. The van der Waals surface area contributed by atoms with Crippen molar-refractivity contribution in [2.45, 2.75) is 6.54 Å². The molecule has 3 aromatic rings. The van der Waals surface area contributed by atoms with Crippen LogP contribution in [0, 0.1) is 0 Å². The van der Waals surface area contributed by atoms with E-state index in [-0.39, 0.29) is 6.54 Å². The van der Waals surface area contributed by atoms with Gasteiger partial charge in [-0.25, -0.2) is 4.98 Å². The summed E-state index contributed by atoms with van der Waals surface area (Å²) in [5, 5.41) is 0. The topological polar surface area (TPSA) is 80.3 Å². The quantitative estimate of drug-likeness (QED) is 0.757. The first-order valence-electron chi connectivity index (χ1n) is 7.69. The summed E-state index contributed by atoms with van der Waals surface area (Å²) < 4.78 is 34.3. The molecule has 0 radical (unpaired) electrons. The minimum absolute atomic E-state index is 0.265. The maximum atomic E-state index is 11.8. The van der Waals surface area contributed by atoms with Crippen molar-refractivity contribution in [3.8, 4) is 22.8 Å². The van der Waals surface area contributed by atoms with Crippen molar-refractivity contribution < 1.29 is 13.2 Å². The van der Waals surface area contributed by atoms with Crippen molar-refractivity contribution in [2.75, 3.05) is 4.72 Å².